The summed E-state index contributed by atoms with van der Waals surface area (Å²) in [5.74, 6) is -23.2. The van der Waals surface area contributed by atoms with Crippen molar-refractivity contribution in [2.45, 2.75) is 58.8 Å². The van der Waals surface area contributed by atoms with Gasteiger partial charge in [-0.3, -0.25) is 5.47 Å². The van der Waals surface area contributed by atoms with Gasteiger partial charge < -0.3 is 0 Å². The molecule has 0 atom stereocenters. The molecule has 35 heavy (non-hydrogen) atoms. The summed E-state index contributed by atoms with van der Waals surface area (Å²) in [5.41, 5.74) is -3.81. The highest BCUT2D eigenvalue weighted by Crippen LogP contribution is 2.60. The zero-order valence-corrected chi connectivity index (χ0v) is 20.8. The molecule has 0 aromatic heterocycles. The van der Waals surface area contributed by atoms with Crippen LogP contribution in [0, 0.1) is 58.2 Å². The Kier molecular flexibility index (Phi) is 8.17. The molecule has 0 amide bonds. The fraction of sp³-hybridized carbons (Fsp3) is 0.391. The fourth-order valence-electron chi connectivity index (χ4n) is 4.02. The van der Waals surface area contributed by atoms with Crippen LogP contribution in [0.25, 0.3) is 0 Å². The molecule has 12 heteroatoms. The summed E-state index contributed by atoms with van der Waals surface area (Å²) in [6, 6.07) is 0. The Balaban J connectivity index is 3.11. The number of allylic oxidation sites excluding steroid dienone is 1. The third-order valence-corrected chi connectivity index (χ3v) is 8.85. The molecule has 2 aromatic carbocycles. The number of hydrogen-bond acceptors (Lipinski definition) is 0. The van der Waals surface area contributed by atoms with E-state index in [1.165, 1.54) is 5.82 Å². The van der Waals surface area contributed by atoms with Crippen LogP contribution in [0.2, 0.25) is 0 Å². The van der Waals surface area contributed by atoms with E-state index in [9.17, 15) is 43.9 Å². The number of benzene rings is 2. The highest BCUT2D eigenvalue weighted by molar-refractivity contribution is 7.64. The van der Waals surface area contributed by atoms with E-state index in [-0.39, 0.29) is 5.47 Å². The monoisotopic (exact) mass is 530 g/mol. The molecule has 2 aromatic rings. The topological polar surface area (TPSA) is 0 Å². The normalized spacial score (nSPS) is 13.4. The van der Waals surface area contributed by atoms with E-state index >= 15 is 0 Å². The predicted octanol–water partition coefficient (Wildman–Crippen LogP) is 7.21. The molecule has 0 fully saturated rings. The van der Waals surface area contributed by atoms with E-state index in [4.69, 9.17) is 0 Å². The minimum atomic E-state index is -2.53. The lowest BCUT2D eigenvalue weighted by Gasteiger charge is -2.42. The van der Waals surface area contributed by atoms with Crippen molar-refractivity contribution >= 4 is 25.6 Å². The Morgan fingerprint density at radius 3 is 0.971 bits per heavy atom. The van der Waals surface area contributed by atoms with Crippen LogP contribution in [0.5, 0.6) is 0 Å². The lowest BCUT2D eigenvalue weighted by atomic mass is 9.36. The van der Waals surface area contributed by atoms with Crippen LogP contribution >= 0.6 is 7.92 Å². The van der Waals surface area contributed by atoms with Gasteiger partial charge in [0.1, 0.15) is 23.3 Å². The maximum Gasteiger partial charge on any atom is 0.200 e. The molecule has 0 N–H and O–H groups in total. The summed E-state index contributed by atoms with van der Waals surface area (Å²) >= 11 is 0. The van der Waals surface area contributed by atoms with E-state index < -0.39 is 94.0 Å². The van der Waals surface area contributed by atoms with Crippen LogP contribution in [0.15, 0.2) is 11.3 Å². The zero-order valence-electron chi connectivity index (χ0n) is 19.9. The van der Waals surface area contributed by atoms with Crippen LogP contribution in [-0.4, -0.2) is 17.0 Å². The van der Waals surface area contributed by atoms with Crippen molar-refractivity contribution in [3.8, 4) is 0 Å². The smallest absolute Gasteiger partial charge is 0.200 e. The molecule has 0 nitrogen and oxygen atoms in total. The van der Waals surface area contributed by atoms with E-state index in [0.29, 0.717) is 0 Å². The average Bonchev–Trinajstić information content (AvgIpc) is 2.74. The largest absolute Gasteiger partial charge is 0.257 e. The van der Waals surface area contributed by atoms with Crippen molar-refractivity contribution in [3.05, 3.63) is 69.5 Å². The van der Waals surface area contributed by atoms with Gasteiger partial charge >= 0.3 is 0 Å². The fourth-order valence-corrected chi connectivity index (χ4v) is 7.37. The van der Waals surface area contributed by atoms with Gasteiger partial charge in [-0.05, 0) is 17.0 Å². The van der Waals surface area contributed by atoms with Crippen molar-refractivity contribution in [3.63, 3.8) is 0 Å². The lowest BCUT2D eigenvalue weighted by Crippen LogP contribution is -2.52. The molecule has 2 rings (SSSR count). The van der Waals surface area contributed by atoms with E-state index in [1.54, 1.807) is 41.5 Å². The van der Waals surface area contributed by atoms with Gasteiger partial charge in [-0.2, -0.15) is 10.9 Å². The quantitative estimate of drug-likeness (QED) is 0.129. The zero-order chi connectivity index (χ0) is 27.4. The van der Waals surface area contributed by atoms with Gasteiger partial charge in [0.2, 0.25) is 0 Å². The summed E-state index contributed by atoms with van der Waals surface area (Å²) in [5, 5.41) is -1.07. The molecular weight excluding hydrogens is 508 g/mol. The Labute approximate surface area is 198 Å². The summed E-state index contributed by atoms with van der Waals surface area (Å²) in [4.78, 5) is 0. The van der Waals surface area contributed by atoms with E-state index in [1.807, 2.05) is 0 Å². The Hall–Kier alpha value is -2.03. The van der Waals surface area contributed by atoms with Crippen LogP contribution < -0.4 is 10.9 Å². The summed E-state index contributed by atoms with van der Waals surface area (Å²) in [7, 11) is -1.35. The number of halogens is 10. The third kappa shape index (κ3) is 5.25. The van der Waals surface area contributed by atoms with Crippen LogP contribution in [0.4, 0.5) is 43.9 Å². The summed E-state index contributed by atoms with van der Waals surface area (Å²) < 4.78 is 143. The van der Waals surface area contributed by atoms with Gasteiger partial charge in [0.15, 0.2) is 34.9 Å². The SMILES string of the molecule is C/C(=C\P(C(C)(C)C)C(C)(C)C)[B-](c1c(F)c(F)c(F)c(F)c1F)c1c(F)c(F)c(F)c(F)c1F. The van der Waals surface area contributed by atoms with Crippen LogP contribution in [0.3, 0.4) is 0 Å². The molecule has 0 spiro atoms. The first kappa shape index (κ1) is 29.2. The summed E-state index contributed by atoms with van der Waals surface area (Å²) in [6.45, 7) is 9.31. The highest BCUT2D eigenvalue weighted by Gasteiger charge is 2.35. The van der Waals surface area contributed by atoms with Gasteiger partial charge in [0.25, 0.3) is 0 Å². The highest BCUT2D eigenvalue weighted by atomic mass is 31.1. The molecule has 0 heterocycles. The standard InChI is InChI=1S/C23H22BF10P/c1-9(8-35(22(2,3)4)23(5,6)7)24(10-12(25)16(29)20(33)17(30)13(10)26)11-14(27)18(31)21(34)19(32)15(11)28/h8H,1-7H3/q-1/b9-8+. The van der Waals surface area contributed by atoms with Crippen LogP contribution in [-0.2, 0) is 0 Å². The minimum absolute atomic E-state index is 0.354. The van der Waals surface area contributed by atoms with Gasteiger partial charge in [0.05, 0.1) is 0 Å². The van der Waals surface area contributed by atoms with E-state index in [0.717, 1.165) is 6.92 Å². The predicted molar refractivity (Wildman–Crippen MR) is 118 cm³/mol. The van der Waals surface area contributed by atoms with Crippen LogP contribution in [0.1, 0.15) is 48.5 Å². The average molecular weight is 530 g/mol. The van der Waals surface area contributed by atoms with Crippen molar-refractivity contribution in [2.24, 2.45) is 0 Å². The second-order valence-electron chi connectivity index (χ2n) is 9.98. The molecule has 0 aliphatic rings. The first-order chi connectivity index (χ1) is 15.7. The molecule has 0 aliphatic carbocycles. The van der Waals surface area contributed by atoms with E-state index in [2.05, 4.69) is 0 Å². The van der Waals surface area contributed by atoms with Crippen molar-refractivity contribution in [1.29, 1.82) is 0 Å². The van der Waals surface area contributed by atoms with Crippen molar-refractivity contribution in [2.75, 3.05) is 0 Å². The minimum Gasteiger partial charge on any atom is -0.257 e. The maximum atomic E-state index is 14.8. The first-order valence-corrected chi connectivity index (χ1v) is 11.7. The Morgan fingerprint density at radius 1 is 0.514 bits per heavy atom. The molecular formula is C23H22BF10P-. The number of rotatable bonds is 4. The molecule has 0 saturated carbocycles. The third-order valence-electron chi connectivity index (χ3n) is 5.30. The molecule has 0 bridgehead atoms. The van der Waals surface area contributed by atoms with Gasteiger partial charge in [-0.1, -0.05) is 56.4 Å². The Bertz CT molecular complexity index is 1050. The van der Waals surface area contributed by atoms with Gasteiger partial charge in [-0.25, -0.2) is 43.9 Å². The first-order valence-electron chi connectivity index (χ1n) is 10.2. The molecule has 1 radical (unpaired) electrons. The lowest BCUT2D eigenvalue weighted by molar-refractivity contribution is 0.382. The maximum absolute atomic E-state index is 14.8. The second kappa shape index (κ2) is 9.79. The Morgan fingerprint density at radius 2 is 0.743 bits per heavy atom. The molecule has 0 aliphatic heterocycles. The molecule has 0 unspecified atom stereocenters. The molecule has 193 valence electrons. The van der Waals surface area contributed by atoms with Crippen molar-refractivity contribution < 1.29 is 43.9 Å². The summed E-state index contributed by atoms with van der Waals surface area (Å²) in [6.07, 6.45) is 0. The second-order valence-corrected chi connectivity index (χ2v) is 13.7. The van der Waals surface area contributed by atoms with Gasteiger partial charge in [-0.15, -0.1) is 5.82 Å². The van der Waals surface area contributed by atoms with Crippen molar-refractivity contribution in [1.82, 2.24) is 0 Å². The molecule has 0 saturated heterocycles. The van der Waals surface area contributed by atoms with Gasteiger partial charge in [0, 0.05) is 0 Å². The number of hydrogen-bond donors (Lipinski definition) is 0.